The number of nitrogens with one attached hydrogen (secondary N) is 1. The van der Waals surface area contributed by atoms with E-state index in [-0.39, 0.29) is 17.3 Å². The van der Waals surface area contributed by atoms with Crippen molar-refractivity contribution in [1.29, 1.82) is 0 Å². The van der Waals surface area contributed by atoms with Crippen molar-refractivity contribution in [2.75, 3.05) is 10.8 Å². The fourth-order valence-corrected chi connectivity index (χ4v) is 4.94. The van der Waals surface area contributed by atoms with Gasteiger partial charge in [-0.15, -0.1) is 0 Å². The van der Waals surface area contributed by atoms with Crippen LogP contribution < -0.4 is 14.4 Å². The third kappa shape index (κ3) is 4.41. The summed E-state index contributed by atoms with van der Waals surface area (Å²) in [5.41, 5.74) is 3.26. The lowest BCUT2D eigenvalue weighted by atomic mass is 10.1. The Morgan fingerprint density at radius 2 is 1.68 bits per heavy atom. The van der Waals surface area contributed by atoms with E-state index in [4.69, 9.17) is 4.74 Å². The number of sulfonamides is 1. The van der Waals surface area contributed by atoms with Gasteiger partial charge in [0.25, 0.3) is 15.9 Å². The Balaban J connectivity index is 1.63. The first kappa shape index (κ1) is 20.9. The molecule has 1 aliphatic rings. The zero-order valence-electron chi connectivity index (χ0n) is 17.4. The van der Waals surface area contributed by atoms with Crippen molar-refractivity contribution in [3.8, 4) is 5.75 Å². The lowest BCUT2D eigenvalue weighted by Crippen LogP contribution is -2.50. The van der Waals surface area contributed by atoms with Crippen LogP contribution >= 0.6 is 0 Å². The molecule has 3 aromatic carbocycles. The van der Waals surface area contributed by atoms with Crippen LogP contribution in [0.25, 0.3) is 0 Å². The third-order valence-electron chi connectivity index (χ3n) is 5.20. The minimum Gasteiger partial charge on any atom is -0.476 e. The van der Waals surface area contributed by atoms with E-state index in [0.717, 1.165) is 16.7 Å². The molecule has 0 aromatic heterocycles. The normalized spacial score (nSPS) is 15.7. The summed E-state index contributed by atoms with van der Waals surface area (Å²) in [6.45, 7) is 4.02. The van der Waals surface area contributed by atoms with Crippen molar-refractivity contribution < 1.29 is 17.9 Å². The molecule has 0 saturated carbocycles. The standard InChI is InChI=1S/C24H24N2O4S/c1-17-8-11-20(12-9-17)31(28,29)26-16-23(30-22-14-18(2)10-13-21(22)26)24(27)25-15-19-6-4-3-5-7-19/h3-14,23H,15-16H2,1-2H3,(H,25,27)/t23-/m1/s1. The SMILES string of the molecule is Cc1ccc(S(=O)(=O)N2C[C@H](C(=O)NCc3ccccc3)Oc3cc(C)ccc32)cc1. The van der Waals surface area contributed by atoms with Gasteiger partial charge >= 0.3 is 0 Å². The molecule has 0 saturated heterocycles. The fourth-order valence-electron chi connectivity index (χ4n) is 3.46. The molecule has 0 bridgehead atoms. The predicted octanol–water partition coefficient (Wildman–Crippen LogP) is 3.58. The van der Waals surface area contributed by atoms with E-state index in [9.17, 15) is 13.2 Å². The molecule has 0 fully saturated rings. The number of fused-ring (bicyclic) bond motifs is 1. The molecular formula is C24H24N2O4S. The molecule has 7 heteroatoms. The molecule has 0 radical (unpaired) electrons. The lowest BCUT2D eigenvalue weighted by Gasteiger charge is -2.35. The maximum absolute atomic E-state index is 13.4. The number of aryl methyl sites for hydroxylation is 2. The summed E-state index contributed by atoms with van der Waals surface area (Å²) in [7, 11) is -3.87. The van der Waals surface area contributed by atoms with Crippen LogP contribution in [-0.4, -0.2) is 27.0 Å². The van der Waals surface area contributed by atoms with Gasteiger partial charge in [-0.2, -0.15) is 0 Å². The van der Waals surface area contributed by atoms with Gasteiger partial charge in [0.2, 0.25) is 0 Å². The van der Waals surface area contributed by atoms with Gasteiger partial charge in [-0.1, -0.05) is 54.1 Å². The van der Waals surface area contributed by atoms with Crippen LogP contribution in [0.3, 0.4) is 0 Å². The quantitative estimate of drug-likeness (QED) is 0.663. The largest absolute Gasteiger partial charge is 0.476 e. The summed E-state index contributed by atoms with van der Waals surface area (Å²) in [5.74, 6) is 0.0157. The number of amides is 1. The van der Waals surface area contributed by atoms with Crippen molar-refractivity contribution in [1.82, 2.24) is 5.32 Å². The molecule has 1 N–H and O–H groups in total. The van der Waals surface area contributed by atoms with Gasteiger partial charge < -0.3 is 10.1 Å². The molecule has 1 amide bonds. The van der Waals surface area contributed by atoms with E-state index in [1.807, 2.05) is 50.2 Å². The number of hydrogen-bond acceptors (Lipinski definition) is 4. The molecule has 3 aromatic rings. The molecule has 31 heavy (non-hydrogen) atoms. The van der Waals surface area contributed by atoms with Crippen LogP contribution in [0.4, 0.5) is 5.69 Å². The van der Waals surface area contributed by atoms with Crippen LogP contribution in [0, 0.1) is 13.8 Å². The second-order valence-electron chi connectivity index (χ2n) is 7.63. The highest BCUT2D eigenvalue weighted by atomic mass is 32.2. The highest BCUT2D eigenvalue weighted by Crippen LogP contribution is 2.37. The maximum atomic E-state index is 13.4. The van der Waals surface area contributed by atoms with Crippen LogP contribution in [0.15, 0.2) is 77.7 Å². The van der Waals surface area contributed by atoms with E-state index >= 15 is 0 Å². The van der Waals surface area contributed by atoms with Crippen LogP contribution in [0.1, 0.15) is 16.7 Å². The molecule has 1 heterocycles. The lowest BCUT2D eigenvalue weighted by molar-refractivity contribution is -0.127. The number of nitrogens with zero attached hydrogens (tertiary/aromatic N) is 1. The monoisotopic (exact) mass is 436 g/mol. The summed E-state index contributed by atoms with van der Waals surface area (Å²) in [4.78, 5) is 13.0. The Bertz CT molecular complexity index is 1190. The zero-order valence-corrected chi connectivity index (χ0v) is 18.2. The van der Waals surface area contributed by atoms with Crippen molar-refractivity contribution in [3.63, 3.8) is 0 Å². The number of rotatable bonds is 5. The molecule has 1 aliphatic heterocycles. The summed E-state index contributed by atoms with van der Waals surface area (Å²) in [6, 6.07) is 21.5. The van der Waals surface area contributed by atoms with Crippen LogP contribution in [-0.2, 0) is 21.4 Å². The van der Waals surface area contributed by atoms with Gasteiger partial charge in [0.1, 0.15) is 5.75 Å². The molecule has 160 valence electrons. The van der Waals surface area contributed by atoms with E-state index in [0.29, 0.717) is 18.0 Å². The highest BCUT2D eigenvalue weighted by molar-refractivity contribution is 7.92. The Kier molecular flexibility index (Phi) is 5.69. The van der Waals surface area contributed by atoms with Crippen molar-refractivity contribution >= 4 is 21.6 Å². The van der Waals surface area contributed by atoms with Gasteiger partial charge in [-0.25, -0.2) is 8.42 Å². The van der Waals surface area contributed by atoms with Gasteiger partial charge in [0.15, 0.2) is 6.10 Å². The number of carbonyl (C=O) groups excluding carboxylic acids is 1. The van der Waals surface area contributed by atoms with E-state index < -0.39 is 16.1 Å². The third-order valence-corrected chi connectivity index (χ3v) is 6.99. The average molecular weight is 437 g/mol. The fraction of sp³-hybridized carbons (Fsp3) is 0.208. The Morgan fingerprint density at radius 1 is 1.00 bits per heavy atom. The first-order valence-corrected chi connectivity index (χ1v) is 11.5. The van der Waals surface area contributed by atoms with Gasteiger partial charge in [-0.05, 0) is 49.2 Å². The first-order chi connectivity index (χ1) is 14.8. The van der Waals surface area contributed by atoms with Crippen LogP contribution in [0.5, 0.6) is 5.75 Å². The molecule has 0 spiro atoms. The van der Waals surface area contributed by atoms with E-state index in [2.05, 4.69) is 5.32 Å². The topological polar surface area (TPSA) is 75.7 Å². The zero-order chi connectivity index (χ0) is 22.0. The number of benzene rings is 3. The summed E-state index contributed by atoms with van der Waals surface area (Å²) in [5, 5.41) is 2.85. The van der Waals surface area contributed by atoms with Gasteiger partial charge in [0, 0.05) is 6.54 Å². The van der Waals surface area contributed by atoms with E-state index in [1.165, 1.54) is 4.31 Å². The minimum absolute atomic E-state index is 0.104. The predicted molar refractivity (Wildman–Crippen MR) is 120 cm³/mol. The molecule has 1 atom stereocenters. The van der Waals surface area contributed by atoms with Gasteiger partial charge in [-0.3, -0.25) is 9.10 Å². The van der Waals surface area contributed by atoms with Crippen LogP contribution in [0.2, 0.25) is 0 Å². The highest BCUT2D eigenvalue weighted by Gasteiger charge is 2.37. The van der Waals surface area contributed by atoms with Crippen molar-refractivity contribution in [2.45, 2.75) is 31.4 Å². The molecular weight excluding hydrogens is 412 g/mol. The van der Waals surface area contributed by atoms with Gasteiger partial charge in [0.05, 0.1) is 17.1 Å². The maximum Gasteiger partial charge on any atom is 0.264 e. The van der Waals surface area contributed by atoms with E-state index in [1.54, 1.807) is 36.4 Å². The molecule has 0 unspecified atom stereocenters. The Labute approximate surface area is 182 Å². The average Bonchev–Trinajstić information content (AvgIpc) is 2.77. The number of anilines is 1. The van der Waals surface area contributed by atoms with Crippen molar-refractivity contribution in [2.24, 2.45) is 0 Å². The summed E-state index contributed by atoms with van der Waals surface area (Å²) in [6.07, 6.45) is -0.960. The molecule has 4 rings (SSSR count). The second-order valence-corrected chi connectivity index (χ2v) is 9.49. The summed E-state index contributed by atoms with van der Waals surface area (Å²) >= 11 is 0. The minimum atomic E-state index is -3.87. The molecule has 6 nitrogen and oxygen atoms in total. The second kappa shape index (κ2) is 8.43. The van der Waals surface area contributed by atoms with Crippen molar-refractivity contribution in [3.05, 3.63) is 89.5 Å². The number of carbonyl (C=O) groups is 1. The Hall–Kier alpha value is -3.32. The summed E-state index contributed by atoms with van der Waals surface area (Å²) < 4.78 is 34.1. The first-order valence-electron chi connectivity index (χ1n) is 10.0. The molecule has 0 aliphatic carbocycles. The smallest absolute Gasteiger partial charge is 0.264 e. The number of hydrogen-bond donors (Lipinski definition) is 1. The Morgan fingerprint density at radius 3 is 2.39 bits per heavy atom. The number of ether oxygens (including phenoxy) is 1.